The molecule has 0 aromatic carbocycles. The van der Waals surface area contributed by atoms with E-state index in [4.69, 9.17) is 0 Å². The Morgan fingerprint density at radius 2 is 1.70 bits per heavy atom. The molecule has 2 amide bonds. The molecule has 1 heterocycles. The first-order valence-corrected chi connectivity index (χ1v) is 8.14. The van der Waals surface area contributed by atoms with Crippen molar-refractivity contribution in [3.63, 3.8) is 0 Å². The van der Waals surface area contributed by atoms with Crippen LogP contribution in [0.5, 0.6) is 0 Å². The number of rotatable bonds is 9. The summed E-state index contributed by atoms with van der Waals surface area (Å²) in [6.45, 7) is 2.14. The molecule has 0 N–H and O–H groups in total. The number of imide groups is 1. The molecule has 0 bridgehead atoms. The third-order valence-electron chi connectivity index (χ3n) is 3.14. The number of amides is 2. The summed E-state index contributed by atoms with van der Waals surface area (Å²) < 4.78 is 0. The lowest BCUT2D eigenvalue weighted by Crippen LogP contribution is -2.40. The Balaban J connectivity index is 2.16. The number of hydrogen-bond donors (Lipinski definition) is 0. The van der Waals surface area contributed by atoms with Crippen molar-refractivity contribution in [2.45, 2.75) is 45.4 Å². The molecular formula is C14H21NO4S. The van der Waals surface area contributed by atoms with Crippen LogP contribution in [0.15, 0.2) is 0 Å². The summed E-state index contributed by atoms with van der Waals surface area (Å²) in [6, 6.07) is 0. The molecule has 1 saturated heterocycles. The fourth-order valence-corrected chi connectivity index (χ4v) is 2.84. The van der Waals surface area contributed by atoms with Crippen molar-refractivity contribution in [3.05, 3.63) is 0 Å². The largest absolute Gasteiger partial charge is 0.299 e. The summed E-state index contributed by atoms with van der Waals surface area (Å²) in [5.74, 6) is 0.662. The summed E-state index contributed by atoms with van der Waals surface area (Å²) >= 11 is 1.33. The van der Waals surface area contributed by atoms with Gasteiger partial charge >= 0.3 is 0 Å². The predicted octanol–water partition coefficient (Wildman–Crippen LogP) is 1.59. The maximum absolute atomic E-state index is 11.6. The molecule has 0 spiro atoms. The van der Waals surface area contributed by atoms with Crippen LogP contribution in [0.3, 0.4) is 0 Å². The van der Waals surface area contributed by atoms with Crippen LogP contribution < -0.4 is 0 Å². The molecule has 1 fully saturated rings. The number of carbonyl (C=O) groups is 4. The van der Waals surface area contributed by atoms with Crippen molar-refractivity contribution >= 4 is 35.1 Å². The molecule has 1 rings (SSSR count). The number of likely N-dealkylation sites (tertiary alicyclic amines) is 1. The molecule has 1 aliphatic heterocycles. The molecule has 0 aliphatic carbocycles. The predicted molar refractivity (Wildman–Crippen MR) is 77.4 cm³/mol. The van der Waals surface area contributed by atoms with Crippen molar-refractivity contribution in [1.82, 2.24) is 4.90 Å². The molecule has 0 aromatic heterocycles. The van der Waals surface area contributed by atoms with Gasteiger partial charge in [0.2, 0.25) is 11.8 Å². The smallest absolute Gasteiger partial charge is 0.229 e. The number of piperidine rings is 1. The molecule has 0 saturated carbocycles. The van der Waals surface area contributed by atoms with Crippen LogP contribution >= 0.6 is 11.8 Å². The Morgan fingerprint density at radius 1 is 1.10 bits per heavy atom. The van der Waals surface area contributed by atoms with E-state index in [-0.39, 0.29) is 23.4 Å². The van der Waals surface area contributed by atoms with Gasteiger partial charge in [0, 0.05) is 32.2 Å². The van der Waals surface area contributed by atoms with Crippen LogP contribution in [0, 0.1) is 0 Å². The van der Waals surface area contributed by atoms with Crippen LogP contribution in [0.25, 0.3) is 0 Å². The van der Waals surface area contributed by atoms with E-state index in [0.29, 0.717) is 56.6 Å². The van der Waals surface area contributed by atoms with Gasteiger partial charge in [0.15, 0.2) is 0 Å². The van der Waals surface area contributed by atoms with Gasteiger partial charge in [-0.25, -0.2) is 0 Å². The van der Waals surface area contributed by atoms with Crippen LogP contribution in [0.2, 0.25) is 0 Å². The standard InChI is InChI=1S/C14H21NO4S/c1-2-11(16)9-20-10-12(17)5-4-8-15-13(18)6-3-7-14(15)19/h2-10H2,1H3. The summed E-state index contributed by atoms with van der Waals surface area (Å²) in [7, 11) is 0. The van der Waals surface area contributed by atoms with Gasteiger partial charge < -0.3 is 0 Å². The third-order valence-corrected chi connectivity index (χ3v) is 4.19. The van der Waals surface area contributed by atoms with Crippen LogP contribution in [0.1, 0.15) is 45.4 Å². The molecule has 0 radical (unpaired) electrons. The zero-order chi connectivity index (χ0) is 15.0. The zero-order valence-corrected chi connectivity index (χ0v) is 12.7. The number of nitrogens with zero attached hydrogens (tertiary/aromatic N) is 1. The number of ketones is 2. The monoisotopic (exact) mass is 299 g/mol. The van der Waals surface area contributed by atoms with E-state index in [1.165, 1.54) is 16.7 Å². The van der Waals surface area contributed by atoms with Gasteiger partial charge in [0.25, 0.3) is 0 Å². The number of Topliss-reactive ketones (excluding diaryl/α,β-unsaturated/α-hetero) is 2. The molecular weight excluding hydrogens is 278 g/mol. The highest BCUT2D eigenvalue weighted by Gasteiger charge is 2.25. The average molecular weight is 299 g/mol. The molecule has 5 nitrogen and oxygen atoms in total. The minimum absolute atomic E-state index is 0.0656. The second kappa shape index (κ2) is 8.89. The van der Waals surface area contributed by atoms with Crippen molar-refractivity contribution in [2.24, 2.45) is 0 Å². The van der Waals surface area contributed by atoms with Crippen molar-refractivity contribution in [1.29, 1.82) is 0 Å². The van der Waals surface area contributed by atoms with Gasteiger partial charge in [-0.05, 0) is 12.8 Å². The first-order valence-electron chi connectivity index (χ1n) is 6.99. The van der Waals surface area contributed by atoms with Crippen LogP contribution in [-0.2, 0) is 19.2 Å². The highest BCUT2D eigenvalue weighted by Crippen LogP contribution is 2.13. The first-order chi connectivity index (χ1) is 9.54. The van der Waals surface area contributed by atoms with Crippen LogP contribution in [-0.4, -0.2) is 46.3 Å². The summed E-state index contributed by atoms with van der Waals surface area (Å²) in [6.07, 6.45) is 2.85. The van der Waals surface area contributed by atoms with Gasteiger partial charge in [-0.2, -0.15) is 0 Å². The van der Waals surface area contributed by atoms with Crippen LogP contribution in [0.4, 0.5) is 0 Å². The fourth-order valence-electron chi connectivity index (χ4n) is 1.94. The second-order valence-corrected chi connectivity index (χ2v) is 5.81. The van der Waals surface area contributed by atoms with E-state index in [1.54, 1.807) is 6.92 Å². The van der Waals surface area contributed by atoms with E-state index in [2.05, 4.69) is 0 Å². The number of carbonyl (C=O) groups excluding carboxylic acids is 4. The maximum atomic E-state index is 11.6. The topological polar surface area (TPSA) is 71.5 Å². The maximum Gasteiger partial charge on any atom is 0.229 e. The molecule has 6 heteroatoms. The van der Waals surface area contributed by atoms with Gasteiger partial charge in [-0.3, -0.25) is 24.1 Å². The minimum Gasteiger partial charge on any atom is -0.299 e. The summed E-state index contributed by atoms with van der Waals surface area (Å²) in [5, 5.41) is 0. The zero-order valence-electron chi connectivity index (χ0n) is 11.9. The lowest BCUT2D eigenvalue weighted by Gasteiger charge is -2.24. The number of thioether (sulfide) groups is 1. The van der Waals surface area contributed by atoms with E-state index in [1.807, 2.05) is 0 Å². The van der Waals surface area contributed by atoms with E-state index < -0.39 is 0 Å². The quantitative estimate of drug-likeness (QED) is 0.605. The van der Waals surface area contributed by atoms with Gasteiger partial charge in [-0.1, -0.05) is 6.92 Å². The summed E-state index contributed by atoms with van der Waals surface area (Å²) in [4.78, 5) is 47.0. The van der Waals surface area contributed by atoms with Crippen molar-refractivity contribution in [3.8, 4) is 0 Å². The highest BCUT2D eigenvalue weighted by atomic mass is 32.2. The Morgan fingerprint density at radius 3 is 2.30 bits per heavy atom. The normalized spacial score (nSPS) is 15.6. The Kier molecular flexibility index (Phi) is 7.51. The van der Waals surface area contributed by atoms with Gasteiger partial charge in [-0.15, -0.1) is 11.8 Å². The average Bonchev–Trinajstić information content (AvgIpc) is 2.42. The Hall–Kier alpha value is -1.17. The van der Waals surface area contributed by atoms with Crippen molar-refractivity contribution < 1.29 is 19.2 Å². The Bertz CT molecular complexity index is 379. The summed E-state index contributed by atoms with van der Waals surface area (Å²) in [5.41, 5.74) is 0. The highest BCUT2D eigenvalue weighted by molar-refractivity contribution is 8.00. The Labute approximate surface area is 123 Å². The fraction of sp³-hybridized carbons (Fsp3) is 0.714. The third kappa shape index (κ3) is 5.86. The molecule has 112 valence electrons. The molecule has 0 unspecified atom stereocenters. The molecule has 0 aromatic rings. The van der Waals surface area contributed by atoms with Gasteiger partial charge in [0.1, 0.15) is 11.6 Å². The first kappa shape index (κ1) is 16.9. The molecule has 0 atom stereocenters. The molecule has 20 heavy (non-hydrogen) atoms. The van der Waals surface area contributed by atoms with E-state index in [0.717, 1.165) is 0 Å². The SMILES string of the molecule is CCC(=O)CSCC(=O)CCCN1C(=O)CCCC1=O. The van der Waals surface area contributed by atoms with Gasteiger partial charge in [0.05, 0.1) is 11.5 Å². The molecule has 1 aliphatic rings. The minimum atomic E-state index is -0.128. The lowest BCUT2D eigenvalue weighted by molar-refractivity contribution is -0.148. The second-order valence-electron chi connectivity index (χ2n) is 4.82. The lowest BCUT2D eigenvalue weighted by atomic mass is 10.1. The van der Waals surface area contributed by atoms with E-state index in [9.17, 15) is 19.2 Å². The van der Waals surface area contributed by atoms with Crippen molar-refractivity contribution in [2.75, 3.05) is 18.1 Å². The van der Waals surface area contributed by atoms with E-state index >= 15 is 0 Å². The number of hydrogen-bond acceptors (Lipinski definition) is 5.